The van der Waals surface area contributed by atoms with E-state index in [0.717, 1.165) is 69.3 Å². The van der Waals surface area contributed by atoms with Gasteiger partial charge < -0.3 is 4.42 Å². The molecule has 3 nitrogen and oxygen atoms in total. The smallest absolute Gasteiger partial charge is 0.160 e. The maximum absolute atomic E-state index is 7.16. The number of fused-ring (bicyclic) bond motifs is 13. The summed E-state index contributed by atoms with van der Waals surface area (Å²) in [6.07, 6.45) is 5.03. The lowest BCUT2D eigenvalue weighted by molar-refractivity contribution is 0.647. The van der Waals surface area contributed by atoms with Gasteiger partial charge in [0.2, 0.25) is 0 Å². The molecule has 0 saturated carbocycles. The normalized spacial score (nSPS) is 17.2. The molecule has 3 heterocycles. The van der Waals surface area contributed by atoms with Crippen LogP contribution in [-0.2, 0) is 6.42 Å². The van der Waals surface area contributed by atoms with Gasteiger partial charge in [0.15, 0.2) is 5.84 Å². The molecule has 2 unspecified atom stereocenters. The van der Waals surface area contributed by atoms with Crippen molar-refractivity contribution in [1.29, 1.82) is 0 Å². The van der Waals surface area contributed by atoms with Crippen LogP contribution in [0.4, 0.5) is 0 Å². The number of rotatable bonds is 4. The molecular formula is C64H44N2OS. The third-order valence-electron chi connectivity index (χ3n) is 14.8. The molecule has 14 rings (SSSR count). The molecule has 0 radical (unpaired) electrons. The molecule has 10 aromatic carbocycles. The number of para-hydroxylation sites is 1. The molecule has 0 bridgehead atoms. The molecule has 2 aliphatic rings. The van der Waals surface area contributed by atoms with Crippen LogP contribution in [-0.4, -0.2) is 11.5 Å². The van der Waals surface area contributed by atoms with E-state index in [2.05, 4.69) is 207 Å². The Labute approximate surface area is 398 Å². The van der Waals surface area contributed by atoms with E-state index in [1.165, 1.54) is 80.3 Å². The zero-order valence-corrected chi connectivity index (χ0v) is 38.4. The highest BCUT2D eigenvalue weighted by Gasteiger charge is 2.30. The molecule has 1 aliphatic carbocycles. The summed E-state index contributed by atoms with van der Waals surface area (Å²) >= 11 is 1.84. The van der Waals surface area contributed by atoms with Gasteiger partial charge in [0.1, 0.15) is 11.2 Å². The summed E-state index contributed by atoms with van der Waals surface area (Å²) in [7, 11) is 0. The standard InChI is InChI=1S/C64H44N2OS/c1-38-22-33-56(45-27-29-50-49-18-9-11-21-58(49)68-59(50)37-45)65-64(66-62(38)46-24-23-39-12-2-3-14-41(39)35-46)54-32-31-52(63-61(54)53-19-8-10-20-57(53)67-63)48-28-26-44-34-42-15-4-5-16-43(42)36-55(44)60-47-17-7-6-13-40(47)25-30-51(48)60/h2-21,23-25,27,29-38,48H,22,26,28H2,1H3/b56-33+,65-64?,66-62?. The van der Waals surface area contributed by atoms with E-state index >= 15 is 0 Å². The van der Waals surface area contributed by atoms with Gasteiger partial charge >= 0.3 is 0 Å². The quantitative estimate of drug-likeness (QED) is 0.173. The summed E-state index contributed by atoms with van der Waals surface area (Å²) < 4.78 is 9.72. The minimum atomic E-state index is 0.0710. The second kappa shape index (κ2) is 15.6. The number of aryl methyl sites for hydroxylation is 1. The summed E-state index contributed by atoms with van der Waals surface area (Å²) in [5.41, 5.74) is 13.5. The molecule has 12 aromatic rings. The molecular weight excluding hydrogens is 845 g/mol. The average Bonchev–Trinajstić information content (AvgIpc) is 3.91. The number of furan rings is 1. The minimum Gasteiger partial charge on any atom is -0.456 e. The molecule has 68 heavy (non-hydrogen) atoms. The van der Waals surface area contributed by atoms with Crippen molar-refractivity contribution >= 4 is 103 Å². The highest BCUT2D eigenvalue weighted by Crippen LogP contribution is 2.49. The van der Waals surface area contributed by atoms with Gasteiger partial charge in [0, 0.05) is 59.5 Å². The van der Waals surface area contributed by atoms with Crippen molar-refractivity contribution in [2.24, 2.45) is 15.9 Å². The van der Waals surface area contributed by atoms with Gasteiger partial charge in [0.05, 0.1) is 11.4 Å². The molecule has 0 spiro atoms. The fourth-order valence-corrected chi connectivity index (χ4v) is 12.5. The topological polar surface area (TPSA) is 37.9 Å². The zero-order chi connectivity index (χ0) is 44.9. The summed E-state index contributed by atoms with van der Waals surface area (Å²) in [5.74, 6) is 0.884. The van der Waals surface area contributed by atoms with Gasteiger partial charge in [0.25, 0.3) is 0 Å². The number of allylic oxidation sites excluding steroid dienone is 1. The maximum Gasteiger partial charge on any atom is 0.160 e. The van der Waals surface area contributed by atoms with Gasteiger partial charge in [-0.2, -0.15) is 0 Å². The predicted molar refractivity (Wildman–Crippen MR) is 289 cm³/mol. The Morgan fingerprint density at radius 2 is 1.19 bits per heavy atom. The predicted octanol–water partition coefficient (Wildman–Crippen LogP) is 17.5. The van der Waals surface area contributed by atoms with Gasteiger partial charge in [-0.3, -0.25) is 0 Å². The first-order valence-electron chi connectivity index (χ1n) is 23.9. The average molecular weight is 889 g/mol. The second-order valence-corrected chi connectivity index (χ2v) is 19.8. The first-order chi connectivity index (χ1) is 33.6. The number of benzene rings is 10. The van der Waals surface area contributed by atoms with Crippen molar-refractivity contribution < 1.29 is 4.42 Å². The fourth-order valence-electron chi connectivity index (χ4n) is 11.4. The van der Waals surface area contributed by atoms with Crippen molar-refractivity contribution in [1.82, 2.24) is 0 Å². The Bertz CT molecular complexity index is 4160. The summed E-state index contributed by atoms with van der Waals surface area (Å²) in [6.45, 7) is 2.31. The van der Waals surface area contributed by atoms with Crippen molar-refractivity contribution in [3.05, 3.63) is 234 Å². The monoisotopic (exact) mass is 888 g/mol. The Hall–Kier alpha value is -7.92. The first-order valence-corrected chi connectivity index (χ1v) is 24.7. The van der Waals surface area contributed by atoms with E-state index in [4.69, 9.17) is 14.4 Å². The lowest BCUT2D eigenvalue weighted by Gasteiger charge is -2.22. The first kappa shape index (κ1) is 39.3. The Morgan fingerprint density at radius 1 is 0.515 bits per heavy atom. The van der Waals surface area contributed by atoms with Crippen LogP contribution < -0.4 is 0 Å². The molecule has 0 saturated heterocycles. The lowest BCUT2D eigenvalue weighted by atomic mass is 9.82. The van der Waals surface area contributed by atoms with Gasteiger partial charge in [-0.15, -0.1) is 11.3 Å². The van der Waals surface area contributed by atoms with Gasteiger partial charge in [-0.1, -0.05) is 171 Å². The summed E-state index contributed by atoms with van der Waals surface area (Å²) in [5, 5.41) is 12.2. The number of hydrogen-bond acceptors (Lipinski definition) is 4. The number of nitrogens with zero attached hydrogens (tertiary/aromatic N) is 2. The number of thiophene rings is 1. The molecule has 322 valence electrons. The third kappa shape index (κ3) is 6.32. The summed E-state index contributed by atoms with van der Waals surface area (Å²) in [4.78, 5) is 11.4. The highest BCUT2D eigenvalue weighted by molar-refractivity contribution is 7.25. The van der Waals surface area contributed by atoms with E-state index in [-0.39, 0.29) is 11.8 Å². The van der Waals surface area contributed by atoms with E-state index in [0.29, 0.717) is 5.84 Å². The SMILES string of the molecule is CC1C/C=C(\c2ccc3c(c2)sc2ccccc23)N=C(c2ccc(C3CCc4cc5ccccc5cc4-c4c3ccc3ccccc43)c3oc4ccccc4c23)N=C1c1ccc2ccccc2c1. The van der Waals surface area contributed by atoms with E-state index in [1.54, 1.807) is 0 Å². The van der Waals surface area contributed by atoms with Crippen molar-refractivity contribution in [3.8, 4) is 11.1 Å². The van der Waals surface area contributed by atoms with Gasteiger partial charge in [-0.05, 0) is 116 Å². The lowest BCUT2D eigenvalue weighted by Crippen LogP contribution is -2.17. The molecule has 0 fully saturated rings. The third-order valence-corrected chi connectivity index (χ3v) is 15.9. The molecule has 0 N–H and O–H groups in total. The van der Waals surface area contributed by atoms with Crippen molar-refractivity contribution in [3.63, 3.8) is 0 Å². The number of aliphatic imine (C=N–C) groups is 2. The molecule has 4 heteroatoms. The maximum atomic E-state index is 7.16. The largest absolute Gasteiger partial charge is 0.456 e. The Kier molecular flexibility index (Phi) is 9.00. The second-order valence-electron chi connectivity index (χ2n) is 18.7. The molecule has 0 amide bonds. The minimum absolute atomic E-state index is 0.0710. The Morgan fingerprint density at radius 3 is 2.06 bits per heavy atom. The van der Waals surface area contributed by atoms with Crippen LogP contribution in [0.25, 0.3) is 91.3 Å². The van der Waals surface area contributed by atoms with Crippen LogP contribution in [0.15, 0.2) is 215 Å². The fraction of sp³-hybridized carbons (Fsp3) is 0.0938. The molecule has 2 atom stereocenters. The number of amidine groups is 1. The van der Waals surface area contributed by atoms with E-state index < -0.39 is 0 Å². The zero-order valence-electron chi connectivity index (χ0n) is 37.5. The van der Waals surface area contributed by atoms with Gasteiger partial charge in [-0.25, -0.2) is 9.98 Å². The van der Waals surface area contributed by atoms with Crippen LogP contribution >= 0.6 is 11.3 Å². The molecule has 1 aliphatic heterocycles. The molecule has 2 aromatic heterocycles. The van der Waals surface area contributed by atoms with E-state index in [9.17, 15) is 0 Å². The summed E-state index contributed by atoms with van der Waals surface area (Å²) in [6, 6.07) is 71.3. The van der Waals surface area contributed by atoms with E-state index in [1.807, 2.05) is 11.3 Å². The van der Waals surface area contributed by atoms with Crippen LogP contribution in [0.3, 0.4) is 0 Å². The Balaban J connectivity index is 1.00. The van der Waals surface area contributed by atoms with Crippen LogP contribution in [0.1, 0.15) is 59.1 Å². The van der Waals surface area contributed by atoms with Crippen LogP contribution in [0, 0.1) is 5.92 Å². The van der Waals surface area contributed by atoms with Crippen LogP contribution in [0.2, 0.25) is 0 Å². The van der Waals surface area contributed by atoms with Crippen molar-refractivity contribution in [2.45, 2.75) is 32.1 Å². The van der Waals surface area contributed by atoms with Crippen LogP contribution in [0.5, 0.6) is 0 Å². The van der Waals surface area contributed by atoms with Crippen molar-refractivity contribution in [2.75, 3.05) is 0 Å². The highest BCUT2D eigenvalue weighted by atomic mass is 32.1. The number of hydrogen-bond donors (Lipinski definition) is 0.